The van der Waals surface area contributed by atoms with Gasteiger partial charge in [0.15, 0.2) is 0 Å². The van der Waals surface area contributed by atoms with Crippen LogP contribution >= 0.6 is 0 Å². The molecule has 2 heterocycles. The predicted octanol–water partition coefficient (Wildman–Crippen LogP) is 3.14. The Labute approximate surface area is 178 Å². The van der Waals surface area contributed by atoms with Gasteiger partial charge in [-0.15, -0.1) is 0 Å². The Kier molecular flexibility index (Phi) is 5.88. The van der Waals surface area contributed by atoms with E-state index >= 15 is 0 Å². The summed E-state index contributed by atoms with van der Waals surface area (Å²) in [7, 11) is 0. The lowest BCUT2D eigenvalue weighted by Crippen LogP contribution is -2.46. The number of H-pyrrole nitrogens is 1. The number of nitrogens with one attached hydrogen (secondary N) is 3. The van der Waals surface area contributed by atoms with Crippen molar-refractivity contribution in [1.29, 1.82) is 0 Å². The first kappa shape index (κ1) is 20.5. The molecule has 8 heteroatoms. The topological polar surface area (TPSA) is 105 Å². The molecule has 3 N–H and O–H groups in total. The highest BCUT2D eigenvalue weighted by Crippen LogP contribution is 2.30. The van der Waals surface area contributed by atoms with Crippen LogP contribution in [0.25, 0.3) is 0 Å². The van der Waals surface area contributed by atoms with E-state index in [1.807, 2.05) is 55.5 Å². The molecule has 1 aliphatic rings. The van der Waals surface area contributed by atoms with Crippen molar-refractivity contribution in [3.8, 4) is 5.75 Å². The standard InChI is InChI=1S/C23H24N4O4/c1-2-3-12-27-20-18(21(28)26-23(27)30)19(24-22(29)25-20)16-10-7-11-17(13-16)31-14-15-8-5-4-6-9-15/h4-11,13,19H,2-3,12,14H2,1H3,(H2,24,25,29)(H,26,28,30). The average molecular weight is 420 g/mol. The fourth-order valence-electron chi connectivity index (χ4n) is 3.64. The van der Waals surface area contributed by atoms with Crippen LogP contribution in [-0.2, 0) is 13.2 Å². The average Bonchev–Trinajstić information content (AvgIpc) is 2.78. The molecule has 0 saturated carbocycles. The van der Waals surface area contributed by atoms with Gasteiger partial charge in [0.2, 0.25) is 0 Å². The third kappa shape index (κ3) is 4.37. The zero-order valence-electron chi connectivity index (χ0n) is 17.2. The van der Waals surface area contributed by atoms with Crippen LogP contribution in [0.3, 0.4) is 0 Å². The molecule has 2 amide bonds. The van der Waals surface area contributed by atoms with Gasteiger partial charge in [0, 0.05) is 6.54 Å². The van der Waals surface area contributed by atoms with E-state index in [4.69, 9.17) is 4.74 Å². The Bertz CT molecular complexity index is 1200. The molecule has 1 aromatic heterocycles. The number of fused-ring (bicyclic) bond motifs is 1. The zero-order valence-corrected chi connectivity index (χ0v) is 17.2. The number of benzene rings is 2. The number of urea groups is 1. The number of anilines is 1. The van der Waals surface area contributed by atoms with E-state index in [1.54, 1.807) is 6.07 Å². The summed E-state index contributed by atoms with van der Waals surface area (Å²) in [6.07, 6.45) is 1.62. The second kappa shape index (κ2) is 8.91. The van der Waals surface area contributed by atoms with Gasteiger partial charge in [-0.3, -0.25) is 19.7 Å². The van der Waals surface area contributed by atoms with Gasteiger partial charge >= 0.3 is 11.7 Å². The minimum atomic E-state index is -0.707. The van der Waals surface area contributed by atoms with E-state index in [0.717, 1.165) is 18.4 Å². The van der Waals surface area contributed by atoms with Crippen LogP contribution in [0.15, 0.2) is 64.2 Å². The van der Waals surface area contributed by atoms with E-state index in [2.05, 4.69) is 15.6 Å². The number of aromatic amines is 1. The number of hydrogen-bond acceptors (Lipinski definition) is 4. The fraction of sp³-hybridized carbons (Fsp3) is 0.261. The summed E-state index contributed by atoms with van der Waals surface area (Å²) in [5.41, 5.74) is 0.965. The van der Waals surface area contributed by atoms with Crippen LogP contribution in [-0.4, -0.2) is 15.6 Å². The molecule has 1 atom stereocenters. The van der Waals surface area contributed by atoms with Crippen molar-refractivity contribution in [2.75, 3.05) is 5.32 Å². The van der Waals surface area contributed by atoms with Crippen molar-refractivity contribution in [1.82, 2.24) is 14.9 Å². The van der Waals surface area contributed by atoms with Gasteiger partial charge in [-0.2, -0.15) is 0 Å². The van der Waals surface area contributed by atoms with Crippen LogP contribution < -0.4 is 26.6 Å². The number of aromatic nitrogens is 2. The zero-order chi connectivity index (χ0) is 21.8. The van der Waals surface area contributed by atoms with Gasteiger partial charge < -0.3 is 10.1 Å². The first-order valence-corrected chi connectivity index (χ1v) is 10.3. The maximum Gasteiger partial charge on any atom is 0.329 e. The van der Waals surface area contributed by atoms with E-state index in [1.165, 1.54) is 4.57 Å². The Morgan fingerprint density at radius 2 is 1.84 bits per heavy atom. The molecule has 1 aliphatic heterocycles. The minimum Gasteiger partial charge on any atom is -0.489 e. The molecule has 0 bridgehead atoms. The van der Waals surface area contributed by atoms with Crippen LogP contribution in [0.5, 0.6) is 5.75 Å². The number of ether oxygens (including phenoxy) is 1. The summed E-state index contributed by atoms with van der Waals surface area (Å²) in [6.45, 7) is 2.81. The van der Waals surface area contributed by atoms with E-state index in [0.29, 0.717) is 30.0 Å². The van der Waals surface area contributed by atoms with Crippen LogP contribution in [0.4, 0.5) is 10.6 Å². The number of unbranched alkanes of at least 4 members (excludes halogenated alkanes) is 1. The summed E-state index contributed by atoms with van der Waals surface area (Å²) < 4.78 is 7.31. The first-order valence-electron chi connectivity index (χ1n) is 10.3. The lowest BCUT2D eigenvalue weighted by molar-refractivity contribution is 0.248. The number of hydrogen-bond donors (Lipinski definition) is 3. The molecule has 0 aliphatic carbocycles. The van der Waals surface area contributed by atoms with Crippen molar-refractivity contribution < 1.29 is 9.53 Å². The summed E-state index contributed by atoms with van der Waals surface area (Å²) in [5, 5.41) is 5.43. The van der Waals surface area contributed by atoms with E-state index in [-0.39, 0.29) is 5.82 Å². The molecule has 160 valence electrons. The molecule has 3 aromatic rings. The molecular weight excluding hydrogens is 396 g/mol. The highest BCUT2D eigenvalue weighted by molar-refractivity contribution is 5.92. The summed E-state index contributed by atoms with van der Waals surface area (Å²) in [6, 6.07) is 15.9. The van der Waals surface area contributed by atoms with Crippen LogP contribution in [0, 0.1) is 0 Å². The third-order valence-corrected chi connectivity index (χ3v) is 5.21. The molecule has 4 rings (SSSR count). The van der Waals surface area contributed by atoms with Gasteiger partial charge in [0.25, 0.3) is 5.56 Å². The van der Waals surface area contributed by atoms with Crippen LogP contribution in [0.2, 0.25) is 0 Å². The van der Waals surface area contributed by atoms with Gasteiger partial charge in [0.1, 0.15) is 18.2 Å². The van der Waals surface area contributed by atoms with Gasteiger partial charge in [-0.1, -0.05) is 55.8 Å². The largest absolute Gasteiger partial charge is 0.489 e. The molecule has 1 unspecified atom stereocenters. The van der Waals surface area contributed by atoms with Gasteiger partial charge in [-0.25, -0.2) is 9.59 Å². The normalized spacial score (nSPS) is 15.0. The lowest BCUT2D eigenvalue weighted by atomic mass is 9.98. The lowest BCUT2D eigenvalue weighted by Gasteiger charge is -2.28. The number of nitrogens with zero attached hydrogens (tertiary/aromatic N) is 1. The molecule has 0 saturated heterocycles. The Balaban J connectivity index is 1.69. The molecule has 8 nitrogen and oxygen atoms in total. The third-order valence-electron chi connectivity index (χ3n) is 5.21. The number of amides is 2. The first-order chi connectivity index (χ1) is 15.1. The maximum absolute atomic E-state index is 12.7. The highest BCUT2D eigenvalue weighted by atomic mass is 16.5. The smallest absolute Gasteiger partial charge is 0.329 e. The Hall–Kier alpha value is -3.81. The molecule has 2 aromatic carbocycles. The highest BCUT2D eigenvalue weighted by Gasteiger charge is 2.31. The Morgan fingerprint density at radius 3 is 2.61 bits per heavy atom. The molecule has 0 radical (unpaired) electrons. The second-order valence-corrected chi connectivity index (χ2v) is 7.40. The fourth-order valence-corrected chi connectivity index (χ4v) is 3.64. The Morgan fingerprint density at radius 1 is 1.03 bits per heavy atom. The van der Waals surface area contributed by atoms with Crippen molar-refractivity contribution in [3.05, 3.63) is 92.1 Å². The number of carbonyl (C=O) groups excluding carboxylic acids is 1. The predicted molar refractivity (Wildman–Crippen MR) is 117 cm³/mol. The van der Waals surface area contributed by atoms with Crippen molar-refractivity contribution in [2.24, 2.45) is 0 Å². The summed E-state index contributed by atoms with van der Waals surface area (Å²) in [5.74, 6) is 0.859. The van der Waals surface area contributed by atoms with Crippen molar-refractivity contribution in [2.45, 2.75) is 39.0 Å². The summed E-state index contributed by atoms with van der Waals surface area (Å²) in [4.78, 5) is 39.8. The van der Waals surface area contributed by atoms with E-state index in [9.17, 15) is 14.4 Å². The quantitative estimate of drug-likeness (QED) is 0.546. The van der Waals surface area contributed by atoms with Crippen LogP contribution in [0.1, 0.15) is 42.5 Å². The minimum absolute atomic E-state index is 0.242. The molecule has 31 heavy (non-hydrogen) atoms. The van der Waals surface area contributed by atoms with Gasteiger partial charge in [0.05, 0.1) is 11.6 Å². The molecule has 0 spiro atoms. The number of rotatable bonds is 7. The number of carbonyl (C=O) groups is 1. The van der Waals surface area contributed by atoms with Crippen molar-refractivity contribution >= 4 is 11.8 Å². The monoisotopic (exact) mass is 420 g/mol. The SMILES string of the molecule is CCCCn1c2c(c(=O)[nH]c1=O)C(c1cccc(OCc3ccccc3)c1)NC(=O)N2. The van der Waals surface area contributed by atoms with E-state index < -0.39 is 23.3 Å². The van der Waals surface area contributed by atoms with Gasteiger partial charge in [-0.05, 0) is 29.7 Å². The van der Waals surface area contributed by atoms with Crippen molar-refractivity contribution in [3.63, 3.8) is 0 Å². The second-order valence-electron chi connectivity index (χ2n) is 7.40. The molecule has 0 fully saturated rings. The summed E-state index contributed by atoms with van der Waals surface area (Å²) >= 11 is 0. The molecular formula is C23H24N4O4. The maximum atomic E-state index is 12.7.